The van der Waals surface area contributed by atoms with Crippen molar-refractivity contribution in [3.8, 4) is 5.75 Å². The van der Waals surface area contributed by atoms with Crippen molar-refractivity contribution in [2.75, 3.05) is 5.32 Å². The number of carbonyl (C=O) groups is 1. The van der Waals surface area contributed by atoms with Crippen LogP contribution in [0.1, 0.15) is 24.8 Å². The van der Waals surface area contributed by atoms with E-state index in [2.05, 4.69) is 5.32 Å². The van der Waals surface area contributed by atoms with E-state index in [4.69, 9.17) is 0 Å². The summed E-state index contributed by atoms with van der Waals surface area (Å²) in [5.74, 6) is -0.0894. The van der Waals surface area contributed by atoms with Crippen molar-refractivity contribution < 1.29 is 9.90 Å². The smallest absolute Gasteiger partial charge is 0.231 e. The van der Waals surface area contributed by atoms with Crippen LogP contribution in [0.3, 0.4) is 0 Å². The molecule has 0 unspecified atom stereocenters. The fourth-order valence-corrected chi connectivity index (χ4v) is 2.07. The van der Waals surface area contributed by atoms with Crippen LogP contribution in [0.2, 0.25) is 0 Å². The number of nitrogens with one attached hydrogen (secondary N) is 1. The summed E-state index contributed by atoms with van der Waals surface area (Å²) in [7, 11) is 0. The molecule has 1 amide bonds. The second kappa shape index (κ2) is 6.05. The molecule has 0 fully saturated rings. The lowest BCUT2D eigenvalue weighted by Crippen LogP contribution is -2.20. The van der Waals surface area contributed by atoms with Crippen molar-refractivity contribution in [1.29, 1.82) is 0 Å². The minimum Gasteiger partial charge on any atom is -0.508 e. The molecule has 0 aromatic heterocycles. The van der Waals surface area contributed by atoms with Gasteiger partial charge in [-0.25, -0.2) is 0 Å². The van der Waals surface area contributed by atoms with Gasteiger partial charge in [-0.1, -0.05) is 43.3 Å². The Hall–Kier alpha value is -2.29. The first-order valence-electron chi connectivity index (χ1n) is 6.35. The molecule has 0 bridgehead atoms. The van der Waals surface area contributed by atoms with Crippen LogP contribution in [-0.2, 0) is 4.79 Å². The van der Waals surface area contributed by atoms with Crippen LogP contribution in [0, 0.1) is 0 Å². The van der Waals surface area contributed by atoms with E-state index in [9.17, 15) is 9.90 Å². The van der Waals surface area contributed by atoms with Crippen molar-refractivity contribution in [1.82, 2.24) is 0 Å². The van der Waals surface area contributed by atoms with Crippen LogP contribution < -0.4 is 5.32 Å². The third-order valence-corrected chi connectivity index (χ3v) is 3.04. The Labute approximate surface area is 112 Å². The van der Waals surface area contributed by atoms with Crippen LogP contribution in [0.5, 0.6) is 5.75 Å². The molecule has 98 valence electrons. The quantitative estimate of drug-likeness (QED) is 0.878. The molecule has 19 heavy (non-hydrogen) atoms. The number of aromatic hydroxyl groups is 1. The average molecular weight is 255 g/mol. The first kappa shape index (κ1) is 13.1. The molecule has 0 spiro atoms. The molecule has 3 heteroatoms. The number of hydrogen-bond acceptors (Lipinski definition) is 2. The molecule has 0 saturated carbocycles. The minimum atomic E-state index is -0.177. The summed E-state index contributed by atoms with van der Waals surface area (Å²) in [6.45, 7) is 1.99. The zero-order valence-corrected chi connectivity index (χ0v) is 10.8. The summed E-state index contributed by atoms with van der Waals surface area (Å²) in [4.78, 5) is 12.3. The maximum Gasteiger partial charge on any atom is 0.231 e. The van der Waals surface area contributed by atoms with Gasteiger partial charge in [0.25, 0.3) is 0 Å². The van der Waals surface area contributed by atoms with E-state index in [-0.39, 0.29) is 17.6 Å². The molecule has 0 aliphatic carbocycles. The third kappa shape index (κ3) is 3.35. The number of hydrogen-bond donors (Lipinski definition) is 2. The van der Waals surface area contributed by atoms with E-state index in [0.29, 0.717) is 5.69 Å². The largest absolute Gasteiger partial charge is 0.508 e. The normalized spacial score (nSPS) is 11.8. The first-order chi connectivity index (χ1) is 9.20. The Balaban J connectivity index is 2.14. The van der Waals surface area contributed by atoms with Crippen molar-refractivity contribution >= 4 is 11.6 Å². The summed E-state index contributed by atoms with van der Waals surface area (Å²) in [6, 6.07) is 16.3. The molecule has 2 aromatic carbocycles. The molecule has 0 saturated heterocycles. The lowest BCUT2D eigenvalue weighted by molar-refractivity contribution is -0.117. The van der Waals surface area contributed by atoms with Crippen LogP contribution >= 0.6 is 0 Å². The average Bonchev–Trinajstić information content (AvgIpc) is 2.41. The number of anilines is 1. The van der Waals surface area contributed by atoms with E-state index >= 15 is 0 Å². The van der Waals surface area contributed by atoms with Gasteiger partial charge in [-0.2, -0.15) is 0 Å². The second-order valence-electron chi connectivity index (χ2n) is 4.41. The highest BCUT2D eigenvalue weighted by Crippen LogP contribution is 2.22. The predicted molar refractivity (Wildman–Crippen MR) is 76.2 cm³/mol. The van der Waals surface area contributed by atoms with Gasteiger partial charge in [-0.05, 0) is 24.1 Å². The van der Waals surface area contributed by atoms with Crippen molar-refractivity contribution in [2.45, 2.75) is 19.3 Å². The fourth-order valence-electron chi connectivity index (χ4n) is 2.07. The highest BCUT2D eigenvalue weighted by Gasteiger charge is 2.18. The monoisotopic (exact) mass is 255 g/mol. The molecule has 0 aliphatic heterocycles. The standard InChI is InChI=1S/C16H17NO2/c1-2-15(12-7-4-3-5-8-12)16(19)17-13-9-6-10-14(18)11-13/h3-11,15,18H,2H2,1H3,(H,17,19)/t15-/m0/s1. The highest BCUT2D eigenvalue weighted by molar-refractivity contribution is 5.95. The van der Waals surface area contributed by atoms with E-state index in [1.165, 1.54) is 6.07 Å². The molecule has 0 radical (unpaired) electrons. The molecule has 3 nitrogen and oxygen atoms in total. The Kier molecular flexibility index (Phi) is 4.18. The van der Waals surface area contributed by atoms with Gasteiger partial charge >= 0.3 is 0 Å². The Bertz CT molecular complexity index is 552. The Morgan fingerprint density at radius 2 is 1.89 bits per heavy atom. The van der Waals surface area contributed by atoms with Gasteiger partial charge in [-0.15, -0.1) is 0 Å². The summed E-state index contributed by atoms with van der Waals surface area (Å²) >= 11 is 0. The summed E-state index contributed by atoms with van der Waals surface area (Å²) in [5, 5.41) is 12.2. The van der Waals surface area contributed by atoms with Gasteiger partial charge in [0, 0.05) is 11.8 Å². The lowest BCUT2D eigenvalue weighted by Gasteiger charge is -2.15. The van der Waals surface area contributed by atoms with Crippen LogP contribution in [0.25, 0.3) is 0 Å². The second-order valence-corrected chi connectivity index (χ2v) is 4.41. The number of rotatable bonds is 4. The van der Waals surface area contributed by atoms with Crippen molar-refractivity contribution in [3.05, 3.63) is 60.2 Å². The molecule has 2 rings (SSSR count). The third-order valence-electron chi connectivity index (χ3n) is 3.04. The first-order valence-corrected chi connectivity index (χ1v) is 6.35. The summed E-state index contributed by atoms with van der Waals surface area (Å²) in [5.41, 5.74) is 1.61. The summed E-state index contributed by atoms with van der Waals surface area (Å²) < 4.78 is 0. The minimum absolute atomic E-state index is 0.0562. The van der Waals surface area contributed by atoms with Gasteiger partial charge < -0.3 is 10.4 Å². The predicted octanol–water partition coefficient (Wildman–Crippen LogP) is 3.52. The van der Waals surface area contributed by atoms with Gasteiger partial charge in [0.15, 0.2) is 0 Å². The van der Waals surface area contributed by atoms with Crippen LogP contribution in [0.4, 0.5) is 5.69 Å². The van der Waals surface area contributed by atoms with E-state index in [0.717, 1.165) is 12.0 Å². The number of carbonyl (C=O) groups excluding carboxylic acids is 1. The van der Waals surface area contributed by atoms with E-state index < -0.39 is 0 Å². The topological polar surface area (TPSA) is 49.3 Å². The van der Waals surface area contributed by atoms with Crippen LogP contribution in [-0.4, -0.2) is 11.0 Å². The number of phenols is 1. The Morgan fingerprint density at radius 3 is 2.53 bits per heavy atom. The maximum atomic E-state index is 12.3. The van der Waals surface area contributed by atoms with Gasteiger partial charge in [0.1, 0.15) is 5.75 Å². The van der Waals surface area contributed by atoms with E-state index in [1.807, 2.05) is 37.3 Å². The lowest BCUT2D eigenvalue weighted by atomic mass is 9.95. The van der Waals surface area contributed by atoms with Crippen LogP contribution in [0.15, 0.2) is 54.6 Å². The number of benzene rings is 2. The molecule has 0 aliphatic rings. The molecule has 0 heterocycles. The van der Waals surface area contributed by atoms with Gasteiger partial charge in [0.2, 0.25) is 5.91 Å². The molecule has 2 N–H and O–H groups in total. The zero-order chi connectivity index (χ0) is 13.7. The number of amides is 1. The molecular weight excluding hydrogens is 238 g/mol. The van der Waals surface area contributed by atoms with Gasteiger partial charge in [-0.3, -0.25) is 4.79 Å². The highest BCUT2D eigenvalue weighted by atomic mass is 16.3. The van der Waals surface area contributed by atoms with E-state index in [1.54, 1.807) is 18.2 Å². The maximum absolute atomic E-state index is 12.3. The molecular formula is C16H17NO2. The SMILES string of the molecule is CC[C@H](C(=O)Nc1cccc(O)c1)c1ccccc1. The fraction of sp³-hybridized carbons (Fsp3) is 0.188. The van der Waals surface area contributed by atoms with Crippen molar-refractivity contribution in [2.24, 2.45) is 0 Å². The molecule has 2 aromatic rings. The Morgan fingerprint density at radius 1 is 1.16 bits per heavy atom. The zero-order valence-electron chi connectivity index (χ0n) is 10.8. The number of phenolic OH excluding ortho intramolecular Hbond substituents is 1. The van der Waals surface area contributed by atoms with Gasteiger partial charge in [0.05, 0.1) is 5.92 Å². The summed E-state index contributed by atoms with van der Waals surface area (Å²) in [6.07, 6.45) is 0.731. The van der Waals surface area contributed by atoms with Crippen molar-refractivity contribution in [3.63, 3.8) is 0 Å². The molecule has 1 atom stereocenters.